The van der Waals surface area contributed by atoms with Gasteiger partial charge in [-0.3, -0.25) is 4.79 Å². The highest BCUT2D eigenvalue weighted by atomic mass is 35.5. The number of rotatable bonds is 5. The van der Waals surface area contributed by atoms with E-state index in [0.29, 0.717) is 35.1 Å². The lowest BCUT2D eigenvalue weighted by molar-refractivity contribution is -0.125. The van der Waals surface area contributed by atoms with Gasteiger partial charge in [0.15, 0.2) is 0 Å². The first kappa shape index (κ1) is 15.9. The third kappa shape index (κ3) is 2.78. The van der Waals surface area contributed by atoms with Crippen molar-refractivity contribution in [1.82, 2.24) is 0 Å². The number of nitrogens with one attached hydrogen (secondary N) is 1. The maximum Gasteiger partial charge on any atom is 0.237 e. The Labute approximate surface area is 133 Å². The highest BCUT2D eigenvalue weighted by molar-refractivity contribution is 7.80. The molecule has 114 valence electrons. The molecule has 2 rings (SSSR count). The van der Waals surface area contributed by atoms with Crippen LogP contribution in [0.3, 0.4) is 0 Å². The van der Waals surface area contributed by atoms with Gasteiger partial charge in [-0.1, -0.05) is 30.2 Å². The molecule has 0 radical (unpaired) electrons. The first-order valence-electron chi connectivity index (χ1n) is 6.47. The van der Waals surface area contributed by atoms with Gasteiger partial charge in [0, 0.05) is 12.1 Å². The zero-order valence-electron chi connectivity index (χ0n) is 11.9. The normalized spacial score (nSPS) is 15.8. The summed E-state index contributed by atoms with van der Waals surface area (Å²) < 4.78 is 10.4. The van der Waals surface area contributed by atoms with Gasteiger partial charge in [-0.05, 0) is 12.8 Å². The zero-order chi connectivity index (χ0) is 15.6. The van der Waals surface area contributed by atoms with Gasteiger partial charge < -0.3 is 20.5 Å². The van der Waals surface area contributed by atoms with Crippen molar-refractivity contribution in [2.45, 2.75) is 19.3 Å². The molecule has 0 heterocycles. The number of carbonyl (C=O) groups is 1. The molecule has 1 aliphatic carbocycles. The van der Waals surface area contributed by atoms with Crippen molar-refractivity contribution < 1.29 is 14.3 Å². The van der Waals surface area contributed by atoms with E-state index >= 15 is 0 Å². The second-order valence-electron chi connectivity index (χ2n) is 4.94. The van der Waals surface area contributed by atoms with Crippen molar-refractivity contribution in [2.75, 3.05) is 19.5 Å². The number of hydrogen-bond donors (Lipinski definition) is 2. The Kier molecular flexibility index (Phi) is 4.58. The van der Waals surface area contributed by atoms with Gasteiger partial charge in [0.1, 0.15) is 11.5 Å². The smallest absolute Gasteiger partial charge is 0.237 e. The van der Waals surface area contributed by atoms with E-state index < -0.39 is 5.41 Å². The van der Waals surface area contributed by atoms with E-state index in [9.17, 15) is 4.79 Å². The Morgan fingerprint density at radius 2 is 1.95 bits per heavy atom. The van der Waals surface area contributed by atoms with Crippen LogP contribution < -0.4 is 20.5 Å². The van der Waals surface area contributed by atoms with Gasteiger partial charge in [-0.25, -0.2) is 0 Å². The fraction of sp³-hybridized carbons (Fsp3) is 0.429. The lowest BCUT2D eigenvalue weighted by atomic mass is 9.68. The molecule has 0 atom stereocenters. The number of amides is 1. The third-order valence-electron chi connectivity index (χ3n) is 3.84. The van der Waals surface area contributed by atoms with Crippen LogP contribution in [0.2, 0.25) is 5.02 Å². The average Bonchev–Trinajstić information content (AvgIpc) is 2.38. The number of benzene rings is 1. The Bertz CT molecular complexity index is 588. The van der Waals surface area contributed by atoms with E-state index in [0.717, 1.165) is 6.42 Å². The Morgan fingerprint density at radius 3 is 2.38 bits per heavy atom. The Morgan fingerprint density at radius 1 is 1.33 bits per heavy atom. The summed E-state index contributed by atoms with van der Waals surface area (Å²) in [5.41, 5.74) is 5.45. The van der Waals surface area contributed by atoms with Crippen LogP contribution in [0.4, 0.5) is 5.69 Å². The molecule has 0 spiro atoms. The number of carbonyl (C=O) groups excluding carboxylic acids is 1. The number of anilines is 1. The molecule has 5 nitrogen and oxygen atoms in total. The van der Waals surface area contributed by atoms with Crippen LogP contribution in [0.25, 0.3) is 0 Å². The van der Waals surface area contributed by atoms with Crippen molar-refractivity contribution in [1.29, 1.82) is 0 Å². The number of nitrogens with two attached hydrogens (primary N) is 1. The molecule has 0 bridgehead atoms. The first-order valence-corrected chi connectivity index (χ1v) is 7.26. The van der Waals surface area contributed by atoms with Crippen LogP contribution >= 0.6 is 23.8 Å². The first-order chi connectivity index (χ1) is 9.94. The Hall–Kier alpha value is -1.53. The molecular weight excluding hydrogens is 312 g/mol. The molecular formula is C14H17ClN2O3S. The van der Waals surface area contributed by atoms with E-state index in [4.69, 9.17) is 39.0 Å². The minimum atomic E-state index is -0.757. The molecule has 1 aromatic carbocycles. The molecule has 0 unspecified atom stereocenters. The number of thiocarbonyl (C=S) groups is 1. The Balaban J connectivity index is 2.30. The molecule has 7 heteroatoms. The van der Waals surface area contributed by atoms with Gasteiger partial charge in [0.2, 0.25) is 5.91 Å². The van der Waals surface area contributed by atoms with Gasteiger partial charge in [-0.2, -0.15) is 0 Å². The van der Waals surface area contributed by atoms with Crippen LogP contribution in [0.15, 0.2) is 12.1 Å². The monoisotopic (exact) mass is 328 g/mol. The van der Waals surface area contributed by atoms with E-state index in [1.165, 1.54) is 14.2 Å². The summed E-state index contributed by atoms with van der Waals surface area (Å²) in [5, 5.41) is 3.22. The molecule has 3 N–H and O–H groups in total. The summed E-state index contributed by atoms with van der Waals surface area (Å²) in [6.07, 6.45) is 2.27. The number of hydrogen-bond acceptors (Lipinski definition) is 4. The molecule has 0 saturated heterocycles. The van der Waals surface area contributed by atoms with Crippen LogP contribution in [-0.4, -0.2) is 25.1 Å². The lowest BCUT2D eigenvalue weighted by Crippen LogP contribution is -2.50. The zero-order valence-corrected chi connectivity index (χ0v) is 13.4. The number of halogens is 1. The third-order valence-corrected chi connectivity index (χ3v) is 4.52. The predicted octanol–water partition coefficient (Wildman–Crippen LogP) is 2.75. The average molecular weight is 329 g/mol. The minimum absolute atomic E-state index is 0.219. The second-order valence-corrected chi connectivity index (χ2v) is 5.79. The summed E-state index contributed by atoms with van der Waals surface area (Å²) in [5.74, 6) is 0.682. The van der Waals surface area contributed by atoms with Crippen LogP contribution in [-0.2, 0) is 4.79 Å². The van der Waals surface area contributed by atoms with Crippen LogP contribution in [0.5, 0.6) is 11.5 Å². The molecule has 1 amide bonds. The van der Waals surface area contributed by atoms with Crippen molar-refractivity contribution in [3.8, 4) is 11.5 Å². The maximum absolute atomic E-state index is 12.5. The van der Waals surface area contributed by atoms with E-state index in [-0.39, 0.29) is 10.9 Å². The lowest BCUT2D eigenvalue weighted by Gasteiger charge is -2.39. The fourth-order valence-electron chi connectivity index (χ4n) is 2.32. The number of ether oxygens (including phenoxy) is 2. The molecule has 1 saturated carbocycles. The minimum Gasteiger partial charge on any atom is -0.495 e. The standard InChI is InChI=1S/C14H17ClN2O3S/c1-19-10-7-9(11(20-2)6-8(10)15)17-13(18)14(12(16)21)4-3-5-14/h6-7H,3-5H2,1-2H3,(H2,16,21)(H,17,18). The summed E-state index contributed by atoms with van der Waals surface area (Å²) in [4.78, 5) is 12.7. The fourth-order valence-corrected chi connectivity index (χ4v) is 2.84. The molecule has 1 aliphatic rings. The molecule has 0 aliphatic heterocycles. The van der Waals surface area contributed by atoms with E-state index in [2.05, 4.69) is 5.32 Å². The van der Waals surface area contributed by atoms with Crippen LogP contribution in [0, 0.1) is 5.41 Å². The molecule has 21 heavy (non-hydrogen) atoms. The van der Waals surface area contributed by atoms with Gasteiger partial charge in [-0.15, -0.1) is 0 Å². The summed E-state index contributed by atoms with van der Waals surface area (Å²) in [7, 11) is 3.00. The summed E-state index contributed by atoms with van der Waals surface area (Å²) in [6.45, 7) is 0. The summed E-state index contributed by atoms with van der Waals surface area (Å²) >= 11 is 11.1. The van der Waals surface area contributed by atoms with Gasteiger partial charge >= 0.3 is 0 Å². The van der Waals surface area contributed by atoms with E-state index in [1.54, 1.807) is 12.1 Å². The van der Waals surface area contributed by atoms with Crippen molar-refractivity contribution in [3.05, 3.63) is 17.2 Å². The van der Waals surface area contributed by atoms with Gasteiger partial charge in [0.25, 0.3) is 0 Å². The summed E-state index contributed by atoms with van der Waals surface area (Å²) in [6, 6.07) is 3.20. The second kappa shape index (κ2) is 6.07. The van der Waals surface area contributed by atoms with Crippen molar-refractivity contribution in [2.24, 2.45) is 11.1 Å². The molecule has 1 aromatic rings. The van der Waals surface area contributed by atoms with Crippen molar-refractivity contribution in [3.63, 3.8) is 0 Å². The number of methoxy groups -OCH3 is 2. The molecule has 1 fully saturated rings. The van der Waals surface area contributed by atoms with E-state index in [1.807, 2.05) is 0 Å². The van der Waals surface area contributed by atoms with Crippen LogP contribution in [0.1, 0.15) is 19.3 Å². The largest absolute Gasteiger partial charge is 0.495 e. The SMILES string of the molecule is COc1cc(NC(=O)C2(C(N)=S)CCC2)c(OC)cc1Cl. The maximum atomic E-state index is 12.5. The predicted molar refractivity (Wildman–Crippen MR) is 86.3 cm³/mol. The highest BCUT2D eigenvalue weighted by Gasteiger charge is 2.47. The topological polar surface area (TPSA) is 73.6 Å². The van der Waals surface area contributed by atoms with Gasteiger partial charge in [0.05, 0.1) is 35.3 Å². The highest BCUT2D eigenvalue weighted by Crippen LogP contribution is 2.43. The quantitative estimate of drug-likeness (QED) is 0.813. The molecule has 0 aromatic heterocycles. The van der Waals surface area contributed by atoms with Crippen molar-refractivity contribution >= 4 is 40.4 Å².